The highest BCUT2D eigenvalue weighted by Crippen LogP contribution is 2.29. The minimum atomic E-state index is -0.573. The Morgan fingerprint density at radius 3 is 2.76 bits per heavy atom. The van der Waals surface area contributed by atoms with E-state index in [2.05, 4.69) is 15.5 Å². The highest BCUT2D eigenvalue weighted by molar-refractivity contribution is 5.59. The van der Waals surface area contributed by atoms with Crippen LogP contribution >= 0.6 is 0 Å². The van der Waals surface area contributed by atoms with Gasteiger partial charge in [0.2, 0.25) is 5.82 Å². The van der Waals surface area contributed by atoms with Crippen molar-refractivity contribution in [2.24, 2.45) is 0 Å². The van der Waals surface area contributed by atoms with Gasteiger partial charge in [0.05, 0.1) is 22.2 Å². The topological polar surface area (TPSA) is 118 Å². The van der Waals surface area contributed by atoms with E-state index in [9.17, 15) is 10.1 Å². The first-order valence-corrected chi connectivity index (χ1v) is 6.18. The van der Waals surface area contributed by atoms with E-state index in [0.29, 0.717) is 11.5 Å². The summed E-state index contributed by atoms with van der Waals surface area (Å²) in [6.45, 7) is 5.40. The number of anilines is 1. The van der Waals surface area contributed by atoms with Crippen molar-refractivity contribution in [3.8, 4) is 6.07 Å². The minimum Gasteiger partial charge on any atom is -0.361 e. The van der Waals surface area contributed by atoms with Crippen LogP contribution in [0.2, 0.25) is 0 Å². The summed E-state index contributed by atoms with van der Waals surface area (Å²) in [5, 5.41) is 26.7. The standard InChI is InChI=1S/C13H13N5O3/c1-7(12-8(2)17-21-9(12)3)16-13-11(18(19)20)4-10(5-14)6-15-13/h4,6-7H,1-3H3,(H,15,16). The second-order valence-corrected chi connectivity index (χ2v) is 4.56. The Labute approximate surface area is 120 Å². The molecule has 0 saturated carbocycles. The van der Waals surface area contributed by atoms with Crippen molar-refractivity contribution in [2.45, 2.75) is 26.8 Å². The lowest BCUT2D eigenvalue weighted by Crippen LogP contribution is -2.11. The van der Waals surface area contributed by atoms with Crippen LogP contribution in [0.1, 0.15) is 35.5 Å². The second-order valence-electron chi connectivity index (χ2n) is 4.56. The van der Waals surface area contributed by atoms with Crippen LogP contribution in [0.25, 0.3) is 0 Å². The zero-order valence-electron chi connectivity index (χ0n) is 11.7. The fraction of sp³-hybridized carbons (Fsp3) is 0.308. The normalized spacial score (nSPS) is 11.7. The van der Waals surface area contributed by atoms with Gasteiger partial charge in [-0.05, 0) is 20.8 Å². The molecular formula is C13H13N5O3. The molecule has 0 spiro atoms. The average Bonchev–Trinajstić information content (AvgIpc) is 2.78. The number of aryl methyl sites for hydroxylation is 2. The molecule has 2 aromatic rings. The molecule has 0 bridgehead atoms. The summed E-state index contributed by atoms with van der Waals surface area (Å²) < 4.78 is 5.08. The Balaban J connectivity index is 2.36. The van der Waals surface area contributed by atoms with Gasteiger partial charge in [-0.15, -0.1) is 0 Å². The monoisotopic (exact) mass is 287 g/mol. The number of nitrogens with one attached hydrogen (secondary N) is 1. The summed E-state index contributed by atoms with van der Waals surface area (Å²) in [4.78, 5) is 14.5. The molecule has 2 aromatic heterocycles. The van der Waals surface area contributed by atoms with Gasteiger partial charge in [0.25, 0.3) is 0 Å². The van der Waals surface area contributed by atoms with E-state index in [0.717, 1.165) is 5.56 Å². The molecule has 8 heteroatoms. The molecule has 2 rings (SSSR count). The fourth-order valence-corrected chi connectivity index (χ4v) is 2.15. The second kappa shape index (κ2) is 5.58. The lowest BCUT2D eigenvalue weighted by molar-refractivity contribution is -0.384. The van der Waals surface area contributed by atoms with Gasteiger partial charge in [-0.2, -0.15) is 5.26 Å². The highest BCUT2D eigenvalue weighted by atomic mass is 16.6. The van der Waals surface area contributed by atoms with Crippen LogP contribution in [-0.4, -0.2) is 15.1 Å². The molecule has 8 nitrogen and oxygen atoms in total. The molecule has 0 saturated heterocycles. The third-order valence-corrected chi connectivity index (χ3v) is 3.07. The van der Waals surface area contributed by atoms with Crippen LogP contribution in [0.3, 0.4) is 0 Å². The number of aromatic nitrogens is 2. The molecule has 0 aliphatic rings. The number of pyridine rings is 1. The summed E-state index contributed by atoms with van der Waals surface area (Å²) in [7, 11) is 0. The maximum atomic E-state index is 11.1. The van der Waals surface area contributed by atoms with Crippen LogP contribution in [0.5, 0.6) is 0 Å². The molecule has 1 unspecified atom stereocenters. The van der Waals surface area contributed by atoms with Crippen molar-refractivity contribution >= 4 is 11.5 Å². The Kier molecular flexibility index (Phi) is 3.84. The zero-order valence-corrected chi connectivity index (χ0v) is 11.7. The maximum absolute atomic E-state index is 11.1. The van der Waals surface area contributed by atoms with Crippen LogP contribution in [0, 0.1) is 35.3 Å². The average molecular weight is 287 g/mol. The van der Waals surface area contributed by atoms with Gasteiger partial charge in [-0.25, -0.2) is 4.98 Å². The van der Waals surface area contributed by atoms with E-state index in [1.807, 2.05) is 13.0 Å². The first-order chi connectivity index (χ1) is 9.93. The summed E-state index contributed by atoms with van der Waals surface area (Å²) in [6.07, 6.45) is 1.29. The van der Waals surface area contributed by atoms with E-state index in [1.165, 1.54) is 12.3 Å². The van der Waals surface area contributed by atoms with E-state index >= 15 is 0 Å². The van der Waals surface area contributed by atoms with Crippen LogP contribution in [0.4, 0.5) is 11.5 Å². The summed E-state index contributed by atoms with van der Waals surface area (Å²) in [6, 6.07) is 2.75. The molecule has 108 valence electrons. The quantitative estimate of drug-likeness (QED) is 0.678. The number of hydrogen-bond acceptors (Lipinski definition) is 7. The predicted octanol–water partition coefficient (Wildman–Crippen LogP) is 2.64. The molecular weight excluding hydrogens is 274 g/mol. The van der Waals surface area contributed by atoms with Gasteiger partial charge in [-0.1, -0.05) is 5.16 Å². The number of rotatable bonds is 4. The van der Waals surface area contributed by atoms with Crippen molar-refractivity contribution in [1.82, 2.24) is 10.1 Å². The SMILES string of the molecule is Cc1noc(C)c1C(C)Nc1ncc(C#N)cc1[N+](=O)[O-]. The van der Waals surface area contributed by atoms with Crippen molar-refractivity contribution in [1.29, 1.82) is 5.26 Å². The predicted molar refractivity (Wildman–Crippen MR) is 73.6 cm³/mol. The zero-order chi connectivity index (χ0) is 15.6. The van der Waals surface area contributed by atoms with Crippen molar-refractivity contribution < 1.29 is 9.45 Å². The van der Waals surface area contributed by atoms with Crippen LogP contribution < -0.4 is 5.32 Å². The molecule has 0 aromatic carbocycles. The van der Waals surface area contributed by atoms with Crippen molar-refractivity contribution in [3.05, 3.63) is 45.0 Å². The number of nitrogens with zero attached hydrogens (tertiary/aromatic N) is 4. The summed E-state index contributed by atoms with van der Waals surface area (Å²) in [5.41, 5.74) is 1.43. The van der Waals surface area contributed by atoms with Crippen molar-refractivity contribution in [3.63, 3.8) is 0 Å². The fourth-order valence-electron chi connectivity index (χ4n) is 2.15. The minimum absolute atomic E-state index is 0.103. The Morgan fingerprint density at radius 1 is 1.52 bits per heavy atom. The molecule has 0 fully saturated rings. The van der Waals surface area contributed by atoms with E-state index in [-0.39, 0.29) is 23.1 Å². The molecule has 0 radical (unpaired) electrons. The Hall–Kier alpha value is -2.95. The van der Waals surface area contributed by atoms with E-state index < -0.39 is 4.92 Å². The van der Waals surface area contributed by atoms with E-state index in [1.54, 1.807) is 13.8 Å². The van der Waals surface area contributed by atoms with Gasteiger partial charge in [-0.3, -0.25) is 10.1 Å². The third-order valence-electron chi connectivity index (χ3n) is 3.07. The largest absolute Gasteiger partial charge is 0.361 e. The smallest absolute Gasteiger partial charge is 0.312 e. The van der Waals surface area contributed by atoms with Crippen LogP contribution in [-0.2, 0) is 0 Å². The third kappa shape index (κ3) is 2.81. The summed E-state index contributed by atoms with van der Waals surface area (Å²) >= 11 is 0. The highest BCUT2D eigenvalue weighted by Gasteiger charge is 2.22. The number of nitriles is 1. The summed E-state index contributed by atoms with van der Waals surface area (Å²) in [5.74, 6) is 0.746. The molecule has 1 N–H and O–H groups in total. The molecule has 2 heterocycles. The molecule has 1 atom stereocenters. The van der Waals surface area contributed by atoms with Crippen molar-refractivity contribution in [2.75, 3.05) is 5.32 Å². The number of nitro groups is 1. The molecule has 21 heavy (non-hydrogen) atoms. The Bertz CT molecular complexity index is 712. The molecule has 0 amide bonds. The van der Waals surface area contributed by atoms with Gasteiger partial charge in [0.1, 0.15) is 11.8 Å². The van der Waals surface area contributed by atoms with Gasteiger partial charge in [0.15, 0.2) is 0 Å². The first kappa shape index (κ1) is 14.5. The van der Waals surface area contributed by atoms with Gasteiger partial charge >= 0.3 is 5.69 Å². The van der Waals surface area contributed by atoms with Gasteiger partial charge < -0.3 is 9.84 Å². The lowest BCUT2D eigenvalue weighted by Gasteiger charge is -2.14. The first-order valence-electron chi connectivity index (χ1n) is 6.18. The molecule has 0 aliphatic carbocycles. The Morgan fingerprint density at radius 2 is 2.24 bits per heavy atom. The maximum Gasteiger partial charge on any atom is 0.312 e. The lowest BCUT2D eigenvalue weighted by atomic mass is 10.1. The van der Waals surface area contributed by atoms with Gasteiger partial charge in [0, 0.05) is 17.8 Å². The molecule has 0 aliphatic heterocycles. The number of hydrogen-bond donors (Lipinski definition) is 1. The van der Waals surface area contributed by atoms with Crippen LogP contribution in [0.15, 0.2) is 16.8 Å². The van der Waals surface area contributed by atoms with E-state index in [4.69, 9.17) is 9.78 Å².